The molecule has 3 rings (SSSR count). The summed E-state index contributed by atoms with van der Waals surface area (Å²) < 4.78 is 0. The summed E-state index contributed by atoms with van der Waals surface area (Å²) in [6.07, 6.45) is 1.51. The number of nitrogens with one attached hydrogen (secondary N) is 4. The lowest BCUT2D eigenvalue weighted by Crippen LogP contribution is -2.56. The van der Waals surface area contributed by atoms with Crippen LogP contribution in [0.4, 0.5) is 5.69 Å². The molecule has 13 nitrogen and oxygen atoms in total. The molecule has 2 atom stereocenters. The number of nitrogens with two attached hydrogens (primary N) is 2. The third-order valence-corrected chi connectivity index (χ3v) is 8.11. The first-order valence-corrected chi connectivity index (χ1v) is 17.9. The summed E-state index contributed by atoms with van der Waals surface area (Å²) in [7, 11) is 0. The van der Waals surface area contributed by atoms with Crippen molar-refractivity contribution < 1.29 is 24.0 Å². The highest BCUT2D eigenvalue weighted by Crippen LogP contribution is 2.19. The first kappa shape index (κ1) is 41.7. The van der Waals surface area contributed by atoms with Crippen molar-refractivity contribution in [2.75, 3.05) is 18.0 Å². The van der Waals surface area contributed by atoms with Crippen LogP contribution >= 0.6 is 0 Å². The van der Waals surface area contributed by atoms with Gasteiger partial charge in [-0.05, 0) is 74.9 Å². The van der Waals surface area contributed by atoms with Crippen LogP contribution in [0.2, 0.25) is 0 Å². The number of guanidine groups is 1. The normalized spacial score (nSPS) is 12.2. The van der Waals surface area contributed by atoms with Gasteiger partial charge in [0.2, 0.25) is 23.6 Å². The standard InChI is InChI=1S/C40H54N8O5/c1-27(2)35(38(53)45-32(24-28-14-8-6-9-15-28)37(52)44-25-29-16-10-7-11-17-29)46-36(51)30-19-21-31(22-20-30)48(26-33(49)47-40(3,4)5)34(50)18-12-13-23-43-39(41)42/h6-11,14-17,19-22,27,32,35H,12-13,18,23-26H2,1-5H3,(H,44,52)(H,45,53)(H,46,51)(H,47,49)(H4,41,42,43)/t32-,35-/m0/s1. The molecule has 0 aliphatic rings. The SMILES string of the molecule is CC(C)[C@H](NC(=O)c1ccc(N(CC(=O)NC(C)(C)C)C(=O)CCCCN=C(N)N)cc1)C(=O)N[C@@H](Cc1ccccc1)C(=O)NCc1ccccc1. The van der Waals surface area contributed by atoms with Gasteiger partial charge < -0.3 is 37.6 Å². The number of carbonyl (C=O) groups excluding carboxylic acids is 5. The second kappa shape index (κ2) is 20.4. The van der Waals surface area contributed by atoms with Crippen LogP contribution in [0.3, 0.4) is 0 Å². The van der Waals surface area contributed by atoms with Crippen LogP contribution < -0.4 is 37.6 Å². The third-order valence-electron chi connectivity index (χ3n) is 8.11. The summed E-state index contributed by atoms with van der Waals surface area (Å²) in [5.74, 6) is -2.30. The van der Waals surface area contributed by atoms with E-state index in [0.717, 1.165) is 11.1 Å². The fourth-order valence-corrected chi connectivity index (χ4v) is 5.44. The van der Waals surface area contributed by atoms with Gasteiger partial charge in [-0.2, -0.15) is 0 Å². The molecule has 3 aromatic carbocycles. The lowest BCUT2D eigenvalue weighted by molar-refractivity contribution is -0.130. The van der Waals surface area contributed by atoms with E-state index in [4.69, 9.17) is 11.5 Å². The highest BCUT2D eigenvalue weighted by Gasteiger charge is 2.30. The molecule has 284 valence electrons. The number of benzene rings is 3. The summed E-state index contributed by atoms with van der Waals surface area (Å²) in [5.41, 5.74) is 12.7. The van der Waals surface area contributed by atoms with Crippen molar-refractivity contribution in [1.82, 2.24) is 21.3 Å². The lowest BCUT2D eigenvalue weighted by Gasteiger charge is -2.27. The molecule has 0 heterocycles. The molecule has 5 amide bonds. The molecule has 0 fully saturated rings. The number of hydrogen-bond acceptors (Lipinski definition) is 6. The van der Waals surface area contributed by atoms with E-state index in [9.17, 15) is 24.0 Å². The minimum absolute atomic E-state index is 0.0181. The molecule has 0 bridgehead atoms. The van der Waals surface area contributed by atoms with E-state index >= 15 is 0 Å². The molecular formula is C40H54N8O5. The molecule has 0 spiro atoms. The molecule has 0 aliphatic carbocycles. The topological polar surface area (TPSA) is 201 Å². The van der Waals surface area contributed by atoms with Gasteiger partial charge in [-0.15, -0.1) is 0 Å². The average Bonchev–Trinajstić information content (AvgIpc) is 3.11. The molecule has 0 radical (unpaired) electrons. The van der Waals surface area contributed by atoms with E-state index in [0.29, 0.717) is 31.6 Å². The zero-order valence-corrected chi connectivity index (χ0v) is 31.4. The smallest absolute Gasteiger partial charge is 0.251 e. The van der Waals surface area contributed by atoms with Crippen molar-refractivity contribution in [2.45, 2.75) is 84.5 Å². The van der Waals surface area contributed by atoms with Crippen LogP contribution in [0.25, 0.3) is 0 Å². The van der Waals surface area contributed by atoms with Gasteiger partial charge in [-0.3, -0.25) is 29.0 Å². The van der Waals surface area contributed by atoms with Crippen LogP contribution in [0.1, 0.15) is 75.4 Å². The Bertz CT molecular complexity index is 1690. The number of unbranched alkanes of at least 4 members (excludes halogenated alkanes) is 1. The summed E-state index contributed by atoms with van der Waals surface area (Å²) in [6, 6.07) is 23.3. The van der Waals surface area contributed by atoms with Crippen molar-refractivity contribution in [3.05, 3.63) is 102 Å². The van der Waals surface area contributed by atoms with Crippen molar-refractivity contribution in [3.63, 3.8) is 0 Å². The number of carbonyl (C=O) groups is 5. The molecular weight excluding hydrogens is 672 g/mol. The van der Waals surface area contributed by atoms with Gasteiger partial charge >= 0.3 is 0 Å². The fraction of sp³-hybridized carbons (Fsp3) is 0.400. The third kappa shape index (κ3) is 14.8. The maximum absolute atomic E-state index is 13.7. The maximum Gasteiger partial charge on any atom is 0.251 e. The van der Waals surface area contributed by atoms with Crippen LogP contribution in [-0.4, -0.2) is 66.2 Å². The average molecular weight is 727 g/mol. The molecule has 13 heteroatoms. The maximum atomic E-state index is 13.7. The highest BCUT2D eigenvalue weighted by molar-refractivity contribution is 6.01. The summed E-state index contributed by atoms with van der Waals surface area (Å²) in [6.45, 7) is 9.63. The zero-order chi connectivity index (χ0) is 39.0. The van der Waals surface area contributed by atoms with Crippen LogP contribution in [-0.2, 0) is 32.1 Å². The molecule has 8 N–H and O–H groups in total. The molecule has 0 unspecified atom stereocenters. The second-order valence-electron chi connectivity index (χ2n) is 14.2. The number of nitrogens with zero attached hydrogens (tertiary/aromatic N) is 2. The van der Waals surface area contributed by atoms with E-state index in [1.165, 1.54) is 17.0 Å². The fourth-order valence-electron chi connectivity index (χ4n) is 5.44. The van der Waals surface area contributed by atoms with Gasteiger partial charge in [0, 0.05) is 42.7 Å². The Morgan fingerprint density at radius 1 is 0.774 bits per heavy atom. The minimum Gasteiger partial charge on any atom is -0.370 e. The summed E-state index contributed by atoms with van der Waals surface area (Å²) in [4.78, 5) is 72.1. The Kier molecular flexibility index (Phi) is 16.0. The zero-order valence-electron chi connectivity index (χ0n) is 31.4. The molecule has 0 saturated heterocycles. The Balaban J connectivity index is 1.74. The van der Waals surface area contributed by atoms with E-state index in [-0.39, 0.29) is 54.5 Å². The number of aliphatic imine (C=N–C) groups is 1. The molecule has 3 aromatic rings. The van der Waals surface area contributed by atoms with Crippen molar-refractivity contribution in [1.29, 1.82) is 0 Å². The Labute approximate surface area is 312 Å². The molecule has 0 aromatic heterocycles. The second-order valence-corrected chi connectivity index (χ2v) is 14.2. The van der Waals surface area contributed by atoms with Gasteiger partial charge in [0.1, 0.15) is 18.6 Å². The van der Waals surface area contributed by atoms with Crippen molar-refractivity contribution in [3.8, 4) is 0 Å². The number of anilines is 1. The van der Waals surface area contributed by atoms with E-state index in [1.54, 1.807) is 26.0 Å². The number of amides is 5. The molecule has 0 saturated carbocycles. The quantitative estimate of drug-likeness (QED) is 0.0657. The van der Waals surface area contributed by atoms with E-state index in [2.05, 4.69) is 26.3 Å². The predicted molar refractivity (Wildman–Crippen MR) is 208 cm³/mol. The van der Waals surface area contributed by atoms with Gasteiger partial charge in [0.25, 0.3) is 5.91 Å². The molecule has 0 aliphatic heterocycles. The van der Waals surface area contributed by atoms with Crippen molar-refractivity contribution >= 4 is 41.2 Å². The summed E-state index contributed by atoms with van der Waals surface area (Å²) >= 11 is 0. The highest BCUT2D eigenvalue weighted by atomic mass is 16.2. The van der Waals surface area contributed by atoms with Gasteiger partial charge in [-0.1, -0.05) is 74.5 Å². The van der Waals surface area contributed by atoms with Crippen molar-refractivity contribution in [2.24, 2.45) is 22.4 Å². The van der Waals surface area contributed by atoms with E-state index in [1.807, 2.05) is 81.4 Å². The van der Waals surface area contributed by atoms with E-state index < -0.39 is 29.4 Å². The largest absolute Gasteiger partial charge is 0.370 e. The molecule has 53 heavy (non-hydrogen) atoms. The Morgan fingerprint density at radius 3 is 1.94 bits per heavy atom. The summed E-state index contributed by atoms with van der Waals surface area (Å²) in [5, 5.41) is 11.5. The number of rotatable bonds is 18. The first-order valence-electron chi connectivity index (χ1n) is 17.9. The van der Waals surface area contributed by atoms with Crippen LogP contribution in [0.15, 0.2) is 89.9 Å². The monoisotopic (exact) mass is 726 g/mol. The minimum atomic E-state index is -0.958. The Morgan fingerprint density at radius 2 is 1.38 bits per heavy atom. The van der Waals surface area contributed by atoms with Gasteiger partial charge in [0.05, 0.1) is 0 Å². The van der Waals surface area contributed by atoms with Gasteiger partial charge in [0.15, 0.2) is 5.96 Å². The number of hydrogen-bond donors (Lipinski definition) is 6. The lowest BCUT2D eigenvalue weighted by atomic mass is 10.0. The van der Waals surface area contributed by atoms with Crippen LogP contribution in [0, 0.1) is 5.92 Å². The Hall–Kier alpha value is -5.72. The van der Waals surface area contributed by atoms with Gasteiger partial charge in [-0.25, -0.2) is 0 Å². The van der Waals surface area contributed by atoms with Crippen LogP contribution in [0.5, 0.6) is 0 Å². The first-order chi connectivity index (χ1) is 25.1. The predicted octanol–water partition coefficient (Wildman–Crippen LogP) is 3.18.